The SMILES string of the molecule is Cc1cccc2c(C(=O)N(C)C(C)C)cc(-c3cnc(-c4cccnc4)nc3)nc12. The molecule has 3 heterocycles. The van der Waals surface area contributed by atoms with E-state index in [1.54, 1.807) is 29.7 Å². The molecule has 0 unspecified atom stereocenters. The quantitative estimate of drug-likeness (QED) is 0.505. The van der Waals surface area contributed by atoms with Gasteiger partial charge in [-0.25, -0.2) is 15.0 Å². The fraction of sp³-hybridized carbons (Fsp3) is 0.208. The summed E-state index contributed by atoms with van der Waals surface area (Å²) in [6.45, 7) is 6.00. The Morgan fingerprint density at radius 1 is 1.00 bits per heavy atom. The van der Waals surface area contributed by atoms with Crippen molar-refractivity contribution in [2.24, 2.45) is 0 Å². The Bertz CT molecular complexity index is 1200. The molecule has 0 fully saturated rings. The summed E-state index contributed by atoms with van der Waals surface area (Å²) in [6, 6.07) is 11.6. The molecule has 0 atom stereocenters. The highest BCUT2D eigenvalue weighted by atomic mass is 16.2. The first-order valence-corrected chi connectivity index (χ1v) is 9.86. The highest BCUT2D eigenvalue weighted by Crippen LogP contribution is 2.28. The van der Waals surface area contributed by atoms with Gasteiger partial charge in [-0.05, 0) is 44.5 Å². The molecule has 4 rings (SSSR count). The highest BCUT2D eigenvalue weighted by molar-refractivity contribution is 6.07. The maximum atomic E-state index is 13.2. The zero-order valence-corrected chi connectivity index (χ0v) is 17.5. The average molecular weight is 397 g/mol. The summed E-state index contributed by atoms with van der Waals surface area (Å²) in [5, 5.41) is 0.851. The van der Waals surface area contributed by atoms with Crippen LogP contribution in [-0.4, -0.2) is 43.8 Å². The second kappa shape index (κ2) is 7.99. The van der Waals surface area contributed by atoms with Crippen molar-refractivity contribution in [2.45, 2.75) is 26.8 Å². The molecule has 0 spiro atoms. The Morgan fingerprint density at radius 2 is 1.77 bits per heavy atom. The largest absolute Gasteiger partial charge is 0.339 e. The number of amides is 1. The van der Waals surface area contributed by atoms with Crippen LogP contribution in [0.15, 0.2) is 61.2 Å². The molecule has 0 saturated heterocycles. The number of nitrogens with zero attached hydrogens (tertiary/aromatic N) is 5. The summed E-state index contributed by atoms with van der Waals surface area (Å²) >= 11 is 0. The van der Waals surface area contributed by atoms with Gasteiger partial charge >= 0.3 is 0 Å². The molecular formula is C24H23N5O. The van der Waals surface area contributed by atoms with Gasteiger partial charge in [-0.3, -0.25) is 9.78 Å². The van der Waals surface area contributed by atoms with Crippen LogP contribution in [-0.2, 0) is 0 Å². The molecule has 0 radical (unpaired) electrons. The van der Waals surface area contributed by atoms with E-state index in [2.05, 4.69) is 15.0 Å². The summed E-state index contributed by atoms with van der Waals surface area (Å²) in [4.78, 5) is 32.8. The van der Waals surface area contributed by atoms with E-state index in [1.165, 1.54) is 0 Å². The van der Waals surface area contributed by atoms with Gasteiger partial charge in [0.1, 0.15) is 0 Å². The van der Waals surface area contributed by atoms with Crippen LogP contribution in [0.4, 0.5) is 0 Å². The first-order valence-electron chi connectivity index (χ1n) is 9.86. The van der Waals surface area contributed by atoms with E-state index in [0.717, 1.165) is 27.6 Å². The molecule has 30 heavy (non-hydrogen) atoms. The topological polar surface area (TPSA) is 71.9 Å². The van der Waals surface area contributed by atoms with E-state index in [0.29, 0.717) is 17.1 Å². The third kappa shape index (κ3) is 3.64. The van der Waals surface area contributed by atoms with Crippen LogP contribution in [0.25, 0.3) is 33.5 Å². The minimum Gasteiger partial charge on any atom is -0.339 e. The lowest BCUT2D eigenvalue weighted by molar-refractivity contribution is 0.0757. The lowest BCUT2D eigenvalue weighted by Gasteiger charge is -2.22. The Hall–Kier alpha value is -3.67. The summed E-state index contributed by atoms with van der Waals surface area (Å²) in [7, 11) is 1.82. The van der Waals surface area contributed by atoms with Crippen LogP contribution in [0.5, 0.6) is 0 Å². The van der Waals surface area contributed by atoms with Crippen molar-refractivity contribution in [1.29, 1.82) is 0 Å². The van der Waals surface area contributed by atoms with Gasteiger partial charge < -0.3 is 4.90 Å². The Kier molecular flexibility index (Phi) is 5.23. The number of hydrogen-bond acceptors (Lipinski definition) is 5. The molecule has 0 bridgehead atoms. The zero-order chi connectivity index (χ0) is 21.3. The second-order valence-corrected chi connectivity index (χ2v) is 7.57. The smallest absolute Gasteiger partial charge is 0.254 e. The number of rotatable bonds is 4. The molecule has 1 aromatic carbocycles. The van der Waals surface area contributed by atoms with Crippen molar-refractivity contribution in [3.63, 3.8) is 0 Å². The number of carbonyl (C=O) groups excluding carboxylic acids is 1. The minimum absolute atomic E-state index is 0.0304. The summed E-state index contributed by atoms with van der Waals surface area (Å²) in [5.74, 6) is 0.566. The molecule has 0 aliphatic carbocycles. The fourth-order valence-electron chi connectivity index (χ4n) is 3.25. The predicted octanol–water partition coefficient (Wildman–Crippen LogP) is 4.54. The molecular weight excluding hydrogens is 374 g/mol. The van der Waals surface area contributed by atoms with E-state index in [9.17, 15) is 4.79 Å². The maximum absolute atomic E-state index is 13.2. The summed E-state index contributed by atoms with van der Waals surface area (Å²) < 4.78 is 0. The van der Waals surface area contributed by atoms with Crippen LogP contribution < -0.4 is 0 Å². The number of carbonyl (C=O) groups is 1. The van der Waals surface area contributed by atoms with Gasteiger partial charge in [-0.1, -0.05) is 18.2 Å². The van der Waals surface area contributed by atoms with Gasteiger partial charge in [0.15, 0.2) is 5.82 Å². The molecule has 0 aliphatic heterocycles. The van der Waals surface area contributed by atoms with Crippen LogP contribution in [0.3, 0.4) is 0 Å². The van der Waals surface area contributed by atoms with Crippen molar-refractivity contribution in [3.05, 3.63) is 72.3 Å². The van der Waals surface area contributed by atoms with E-state index in [-0.39, 0.29) is 11.9 Å². The summed E-state index contributed by atoms with van der Waals surface area (Å²) in [6.07, 6.45) is 6.92. The third-order valence-corrected chi connectivity index (χ3v) is 5.23. The first kappa shape index (κ1) is 19.6. The molecule has 1 amide bonds. The molecule has 0 saturated carbocycles. The molecule has 6 heteroatoms. The van der Waals surface area contributed by atoms with Crippen molar-refractivity contribution >= 4 is 16.8 Å². The molecule has 0 aliphatic rings. The van der Waals surface area contributed by atoms with Crippen LogP contribution in [0.2, 0.25) is 0 Å². The number of benzene rings is 1. The van der Waals surface area contributed by atoms with Crippen LogP contribution in [0.1, 0.15) is 29.8 Å². The van der Waals surface area contributed by atoms with Crippen LogP contribution >= 0.6 is 0 Å². The van der Waals surface area contributed by atoms with Gasteiger partial charge in [0, 0.05) is 54.4 Å². The van der Waals surface area contributed by atoms with Crippen molar-refractivity contribution in [3.8, 4) is 22.6 Å². The van der Waals surface area contributed by atoms with E-state index in [4.69, 9.17) is 4.98 Å². The Morgan fingerprint density at radius 3 is 2.43 bits per heavy atom. The van der Waals surface area contributed by atoms with Gasteiger partial charge in [0.25, 0.3) is 5.91 Å². The van der Waals surface area contributed by atoms with E-state index < -0.39 is 0 Å². The Labute approximate surface area is 175 Å². The number of aryl methyl sites for hydroxylation is 1. The standard InChI is InChI=1S/C24H23N5O/c1-15(2)29(4)24(30)20-11-21(28-22-16(3)7-5-9-19(20)22)18-13-26-23(27-14-18)17-8-6-10-25-12-17/h5-15H,1-4H3. The van der Waals surface area contributed by atoms with Crippen LogP contribution in [0, 0.1) is 6.92 Å². The van der Waals surface area contributed by atoms with E-state index >= 15 is 0 Å². The zero-order valence-electron chi connectivity index (χ0n) is 17.5. The minimum atomic E-state index is -0.0304. The molecule has 4 aromatic rings. The monoisotopic (exact) mass is 397 g/mol. The van der Waals surface area contributed by atoms with Crippen molar-refractivity contribution in [1.82, 2.24) is 24.8 Å². The molecule has 150 valence electrons. The van der Waals surface area contributed by atoms with Crippen molar-refractivity contribution in [2.75, 3.05) is 7.05 Å². The van der Waals surface area contributed by atoms with Gasteiger partial charge in [0.2, 0.25) is 0 Å². The predicted molar refractivity (Wildman–Crippen MR) is 118 cm³/mol. The molecule has 3 aromatic heterocycles. The molecule has 0 N–H and O–H groups in total. The number of pyridine rings is 2. The number of para-hydroxylation sites is 1. The normalized spacial score (nSPS) is 11.1. The second-order valence-electron chi connectivity index (χ2n) is 7.57. The van der Waals surface area contributed by atoms with Gasteiger partial charge in [0.05, 0.1) is 16.8 Å². The number of aromatic nitrogens is 4. The number of hydrogen-bond donors (Lipinski definition) is 0. The van der Waals surface area contributed by atoms with Gasteiger partial charge in [-0.15, -0.1) is 0 Å². The Balaban J connectivity index is 1.83. The summed E-state index contributed by atoms with van der Waals surface area (Å²) in [5.41, 5.74) is 4.74. The lowest BCUT2D eigenvalue weighted by Crippen LogP contribution is -2.33. The fourth-order valence-corrected chi connectivity index (χ4v) is 3.25. The highest BCUT2D eigenvalue weighted by Gasteiger charge is 2.20. The average Bonchev–Trinajstić information content (AvgIpc) is 2.78. The lowest BCUT2D eigenvalue weighted by atomic mass is 10.0. The third-order valence-electron chi connectivity index (χ3n) is 5.23. The number of fused-ring (bicyclic) bond motifs is 1. The maximum Gasteiger partial charge on any atom is 0.254 e. The first-order chi connectivity index (χ1) is 14.5. The van der Waals surface area contributed by atoms with Gasteiger partial charge in [-0.2, -0.15) is 0 Å². The molecule has 6 nitrogen and oxygen atoms in total. The van der Waals surface area contributed by atoms with E-state index in [1.807, 2.05) is 64.2 Å². The van der Waals surface area contributed by atoms with Crippen molar-refractivity contribution < 1.29 is 4.79 Å².